The number of pyridine rings is 2. The molecule has 0 radical (unpaired) electrons. The number of carbonyl (C=O) groups is 1. The van der Waals surface area contributed by atoms with Crippen LogP contribution in [0.1, 0.15) is 21.5 Å². The summed E-state index contributed by atoms with van der Waals surface area (Å²) in [5, 5.41) is 8.09. The van der Waals surface area contributed by atoms with Crippen LogP contribution in [0.4, 0.5) is 5.69 Å². The van der Waals surface area contributed by atoms with E-state index >= 15 is 0 Å². The molecule has 0 aliphatic heterocycles. The molecule has 128 valence electrons. The third kappa shape index (κ3) is 5.07. The topological polar surface area (TPSA) is 91.6 Å². The number of benzene rings is 1. The van der Waals surface area contributed by atoms with Crippen LogP contribution in [0.25, 0.3) is 0 Å². The summed E-state index contributed by atoms with van der Waals surface area (Å²) in [6, 6.07) is 14.3. The summed E-state index contributed by atoms with van der Waals surface area (Å²) in [5.74, 6) is -0.308. The Kier molecular flexibility index (Phi) is 5.77. The quantitative estimate of drug-likeness (QED) is 0.531. The number of hydrogen-bond donors (Lipinski definition) is 2. The number of hydrogen-bond acceptors (Lipinski definition) is 6. The molecule has 7 nitrogen and oxygen atoms in total. The van der Waals surface area contributed by atoms with Crippen molar-refractivity contribution in [1.29, 1.82) is 0 Å². The molecule has 0 atom stereocenters. The summed E-state index contributed by atoms with van der Waals surface area (Å²) in [5.41, 5.74) is 8.33. The molecule has 0 aliphatic rings. The van der Waals surface area contributed by atoms with Crippen molar-refractivity contribution in [2.45, 2.75) is 0 Å². The number of amides is 1. The van der Waals surface area contributed by atoms with Crippen LogP contribution in [-0.2, 0) is 0 Å². The van der Waals surface area contributed by atoms with Crippen LogP contribution in [0, 0.1) is 0 Å². The highest BCUT2D eigenvalue weighted by Gasteiger charge is 2.04. The number of aromatic nitrogens is 2. The van der Waals surface area contributed by atoms with E-state index in [0.717, 1.165) is 11.1 Å². The van der Waals surface area contributed by atoms with Crippen LogP contribution in [-0.4, -0.2) is 28.3 Å². The summed E-state index contributed by atoms with van der Waals surface area (Å²) in [7, 11) is 0. The molecular weight excluding hydrogens is 328 g/mol. The second-order valence-electron chi connectivity index (χ2n) is 5.21. The lowest BCUT2D eigenvalue weighted by Gasteiger charge is -2.04. The SMILES string of the molecule is O=C(N/N=C\c1ccncc1)c1cccc(N/N=C\c2ccncc2)c1. The van der Waals surface area contributed by atoms with Crippen molar-refractivity contribution in [2.75, 3.05) is 5.43 Å². The summed E-state index contributed by atoms with van der Waals surface area (Å²) < 4.78 is 0. The number of carbonyl (C=O) groups excluding carboxylic acids is 1. The van der Waals surface area contributed by atoms with Crippen molar-refractivity contribution in [3.8, 4) is 0 Å². The van der Waals surface area contributed by atoms with Crippen molar-refractivity contribution < 1.29 is 4.79 Å². The van der Waals surface area contributed by atoms with E-state index in [-0.39, 0.29) is 5.91 Å². The Labute approximate surface area is 150 Å². The molecule has 3 rings (SSSR count). The molecule has 1 amide bonds. The van der Waals surface area contributed by atoms with Gasteiger partial charge >= 0.3 is 0 Å². The van der Waals surface area contributed by atoms with Gasteiger partial charge in [-0.25, -0.2) is 5.43 Å². The van der Waals surface area contributed by atoms with Crippen molar-refractivity contribution in [3.63, 3.8) is 0 Å². The van der Waals surface area contributed by atoms with E-state index in [4.69, 9.17) is 0 Å². The van der Waals surface area contributed by atoms with Gasteiger partial charge in [-0.3, -0.25) is 20.2 Å². The second-order valence-corrected chi connectivity index (χ2v) is 5.21. The summed E-state index contributed by atoms with van der Waals surface area (Å²) in [6.45, 7) is 0. The molecular formula is C19H16N6O. The first-order valence-electron chi connectivity index (χ1n) is 7.84. The lowest BCUT2D eigenvalue weighted by molar-refractivity contribution is 0.0955. The van der Waals surface area contributed by atoms with Gasteiger partial charge in [0.05, 0.1) is 18.1 Å². The maximum absolute atomic E-state index is 12.2. The molecule has 2 heterocycles. The molecule has 0 bridgehead atoms. The smallest absolute Gasteiger partial charge is 0.271 e. The predicted octanol–water partition coefficient (Wildman–Crippen LogP) is 2.69. The first-order chi connectivity index (χ1) is 12.8. The van der Waals surface area contributed by atoms with Gasteiger partial charge in [0.15, 0.2) is 0 Å². The number of rotatable bonds is 6. The van der Waals surface area contributed by atoms with Crippen LogP contribution in [0.2, 0.25) is 0 Å². The molecule has 7 heteroatoms. The molecule has 2 N–H and O–H groups in total. The van der Waals surface area contributed by atoms with Crippen molar-refractivity contribution in [3.05, 3.63) is 90.0 Å². The molecule has 0 fully saturated rings. The standard InChI is InChI=1S/C19H16N6O/c26-19(25-23-14-16-6-10-21-11-7-16)17-2-1-3-18(12-17)24-22-13-15-4-8-20-9-5-15/h1-14,24H,(H,25,26)/b22-13-,23-14-. The zero-order valence-electron chi connectivity index (χ0n) is 13.8. The molecule has 26 heavy (non-hydrogen) atoms. The molecule has 0 saturated heterocycles. The van der Waals surface area contributed by atoms with Gasteiger partial charge in [-0.1, -0.05) is 6.07 Å². The summed E-state index contributed by atoms with van der Waals surface area (Å²) in [6.07, 6.45) is 9.93. The van der Waals surface area contributed by atoms with E-state index in [1.807, 2.05) is 18.2 Å². The van der Waals surface area contributed by atoms with Gasteiger partial charge in [-0.15, -0.1) is 0 Å². The van der Waals surface area contributed by atoms with Crippen molar-refractivity contribution in [2.24, 2.45) is 10.2 Å². The van der Waals surface area contributed by atoms with Gasteiger partial charge in [-0.05, 0) is 53.6 Å². The zero-order valence-corrected chi connectivity index (χ0v) is 13.8. The third-order valence-electron chi connectivity index (χ3n) is 3.32. The molecule has 3 aromatic rings. The molecule has 0 aliphatic carbocycles. The number of nitrogens with one attached hydrogen (secondary N) is 2. The zero-order chi connectivity index (χ0) is 18.0. The van der Waals surface area contributed by atoms with Gasteiger partial charge in [0.2, 0.25) is 0 Å². The second kappa shape index (κ2) is 8.84. The molecule has 0 unspecified atom stereocenters. The van der Waals surface area contributed by atoms with E-state index in [2.05, 4.69) is 31.0 Å². The number of hydrazone groups is 2. The Balaban J connectivity index is 1.58. The fourth-order valence-electron chi connectivity index (χ4n) is 2.04. The molecule has 2 aromatic heterocycles. The number of anilines is 1. The van der Waals surface area contributed by atoms with Crippen LogP contribution in [0.3, 0.4) is 0 Å². The molecule has 0 spiro atoms. The fourth-order valence-corrected chi connectivity index (χ4v) is 2.04. The van der Waals surface area contributed by atoms with Gasteiger partial charge in [0, 0.05) is 30.4 Å². The van der Waals surface area contributed by atoms with Gasteiger partial charge in [0.1, 0.15) is 0 Å². The molecule has 1 aromatic carbocycles. The van der Waals surface area contributed by atoms with Crippen LogP contribution >= 0.6 is 0 Å². The normalized spacial score (nSPS) is 10.9. The monoisotopic (exact) mass is 344 g/mol. The average molecular weight is 344 g/mol. The predicted molar refractivity (Wildman–Crippen MR) is 101 cm³/mol. The Morgan fingerprint density at radius 3 is 2.12 bits per heavy atom. The highest BCUT2D eigenvalue weighted by molar-refractivity contribution is 5.95. The largest absolute Gasteiger partial charge is 0.278 e. The lowest BCUT2D eigenvalue weighted by Crippen LogP contribution is -2.17. The Morgan fingerprint density at radius 2 is 1.46 bits per heavy atom. The highest BCUT2D eigenvalue weighted by atomic mass is 16.2. The minimum atomic E-state index is -0.308. The maximum atomic E-state index is 12.2. The summed E-state index contributed by atoms with van der Waals surface area (Å²) in [4.78, 5) is 20.0. The first kappa shape index (κ1) is 17.0. The minimum absolute atomic E-state index is 0.308. The van der Waals surface area contributed by atoms with Gasteiger partial charge in [0.25, 0.3) is 5.91 Å². The van der Waals surface area contributed by atoms with E-state index in [1.165, 1.54) is 0 Å². The van der Waals surface area contributed by atoms with Gasteiger partial charge in [-0.2, -0.15) is 10.2 Å². The number of nitrogens with zero attached hydrogens (tertiary/aromatic N) is 4. The Morgan fingerprint density at radius 1 is 0.846 bits per heavy atom. The maximum Gasteiger partial charge on any atom is 0.271 e. The fraction of sp³-hybridized carbons (Fsp3) is 0. The van der Waals surface area contributed by atoms with E-state index in [9.17, 15) is 4.79 Å². The van der Waals surface area contributed by atoms with Crippen molar-refractivity contribution >= 4 is 24.0 Å². The average Bonchev–Trinajstić information content (AvgIpc) is 2.70. The van der Waals surface area contributed by atoms with Crippen LogP contribution in [0.15, 0.2) is 83.5 Å². The molecule has 0 saturated carbocycles. The van der Waals surface area contributed by atoms with Crippen LogP contribution < -0.4 is 10.9 Å². The Bertz CT molecular complexity index is 910. The van der Waals surface area contributed by atoms with Gasteiger partial charge < -0.3 is 0 Å². The Hall–Kier alpha value is -3.87. The van der Waals surface area contributed by atoms with Crippen molar-refractivity contribution in [1.82, 2.24) is 15.4 Å². The lowest BCUT2D eigenvalue weighted by atomic mass is 10.2. The third-order valence-corrected chi connectivity index (χ3v) is 3.32. The minimum Gasteiger partial charge on any atom is -0.278 e. The highest BCUT2D eigenvalue weighted by Crippen LogP contribution is 2.10. The van der Waals surface area contributed by atoms with E-state index < -0.39 is 0 Å². The summed E-state index contributed by atoms with van der Waals surface area (Å²) >= 11 is 0. The van der Waals surface area contributed by atoms with E-state index in [1.54, 1.807) is 67.5 Å². The van der Waals surface area contributed by atoms with Crippen LogP contribution in [0.5, 0.6) is 0 Å². The first-order valence-corrected chi connectivity index (χ1v) is 7.84. The van der Waals surface area contributed by atoms with E-state index in [0.29, 0.717) is 11.3 Å².